The van der Waals surface area contributed by atoms with E-state index in [0.29, 0.717) is 11.9 Å². The van der Waals surface area contributed by atoms with Crippen LogP contribution in [0.1, 0.15) is 42.0 Å². The Bertz CT molecular complexity index is 1270. The molecule has 6 rings (SSSR count). The second-order valence-electron chi connectivity index (χ2n) is 9.58. The van der Waals surface area contributed by atoms with Crippen LogP contribution in [0.15, 0.2) is 54.1 Å². The van der Waals surface area contributed by atoms with Gasteiger partial charge in [0.05, 0.1) is 12.8 Å². The van der Waals surface area contributed by atoms with Gasteiger partial charge in [-0.15, -0.1) is 0 Å². The largest absolute Gasteiger partial charge is 0.467 e. The van der Waals surface area contributed by atoms with E-state index in [1.54, 1.807) is 7.11 Å². The van der Waals surface area contributed by atoms with Crippen molar-refractivity contribution in [3.63, 3.8) is 0 Å². The van der Waals surface area contributed by atoms with Crippen LogP contribution >= 0.6 is 0 Å². The lowest BCUT2D eigenvalue weighted by Crippen LogP contribution is -2.49. The summed E-state index contributed by atoms with van der Waals surface area (Å²) < 4.78 is 5.51. The van der Waals surface area contributed by atoms with Gasteiger partial charge in [-0.3, -0.25) is 4.79 Å². The average molecular weight is 455 g/mol. The van der Waals surface area contributed by atoms with Crippen LogP contribution in [0.3, 0.4) is 0 Å². The highest BCUT2D eigenvalue weighted by molar-refractivity contribution is 5.89. The molecule has 1 unspecified atom stereocenters. The van der Waals surface area contributed by atoms with Crippen molar-refractivity contribution >= 4 is 22.5 Å². The Labute approximate surface area is 200 Å². The van der Waals surface area contributed by atoms with Crippen molar-refractivity contribution < 1.29 is 9.53 Å². The van der Waals surface area contributed by atoms with Gasteiger partial charge in [0.2, 0.25) is 5.91 Å². The van der Waals surface area contributed by atoms with Crippen molar-refractivity contribution in [2.24, 2.45) is 0 Å². The van der Waals surface area contributed by atoms with Crippen molar-refractivity contribution in [2.75, 3.05) is 38.2 Å². The maximum Gasteiger partial charge on any atom is 0.318 e. The monoisotopic (exact) mass is 454 g/mol. The molecule has 1 aliphatic heterocycles. The van der Waals surface area contributed by atoms with Gasteiger partial charge in [0.15, 0.2) is 0 Å². The number of benzene rings is 2. The minimum absolute atomic E-state index is 0.160. The summed E-state index contributed by atoms with van der Waals surface area (Å²) >= 11 is 0. The van der Waals surface area contributed by atoms with Crippen molar-refractivity contribution in [3.05, 3.63) is 70.9 Å². The SMILES string of the molecule is COc1nc2c(c(N3CCN(C(=O)C=C4CC4)CC3)n1)CCC(c1cccc3ccccc13)C2. The number of carbonyl (C=O) groups excluding carboxylic acids is 1. The summed E-state index contributed by atoms with van der Waals surface area (Å²) in [6, 6.07) is 15.7. The van der Waals surface area contributed by atoms with Gasteiger partial charge >= 0.3 is 6.01 Å². The minimum Gasteiger partial charge on any atom is -0.467 e. The molecular formula is C28H30N4O2. The molecule has 2 aromatic carbocycles. The van der Waals surface area contributed by atoms with Crippen molar-refractivity contribution in [1.29, 1.82) is 0 Å². The van der Waals surface area contributed by atoms with Gasteiger partial charge in [-0.1, -0.05) is 48.0 Å². The molecule has 0 spiro atoms. The molecule has 34 heavy (non-hydrogen) atoms. The van der Waals surface area contributed by atoms with Crippen molar-refractivity contribution in [1.82, 2.24) is 14.9 Å². The number of methoxy groups -OCH3 is 1. The van der Waals surface area contributed by atoms with Gasteiger partial charge < -0.3 is 14.5 Å². The Morgan fingerprint density at radius 3 is 2.59 bits per heavy atom. The molecule has 1 saturated heterocycles. The van der Waals surface area contributed by atoms with Crippen LogP contribution in [0.5, 0.6) is 6.01 Å². The number of ether oxygens (including phenoxy) is 1. The summed E-state index contributed by atoms with van der Waals surface area (Å²) in [6.07, 6.45) is 6.92. The predicted octanol–water partition coefficient (Wildman–Crippen LogP) is 4.28. The molecule has 2 aliphatic carbocycles. The number of carbonyl (C=O) groups is 1. The van der Waals surface area contributed by atoms with Crippen LogP contribution < -0.4 is 9.64 Å². The number of nitrogens with zero attached hydrogens (tertiary/aromatic N) is 4. The zero-order valence-electron chi connectivity index (χ0n) is 19.7. The van der Waals surface area contributed by atoms with Crippen LogP contribution in [0, 0.1) is 0 Å². The smallest absolute Gasteiger partial charge is 0.318 e. The number of piperazine rings is 1. The number of hydrogen-bond donors (Lipinski definition) is 0. The first-order chi connectivity index (χ1) is 16.7. The molecule has 6 heteroatoms. The minimum atomic E-state index is 0.160. The molecule has 0 radical (unpaired) electrons. The maximum atomic E-state index is 12.5. The predicted molar refractivity (Wildman–Crippen MR) is 133 cm³/mol. The van der Waals surface area contributed by atoms with Crippen LogP contribution in [0.2, 0.25) is 0 Å². The van der Waals surface area contributed by atoms with E-state index in [0.717, 1.165) is 69.8 Å². The Kier molecular flexibility index (Phi) is 5.44. The Morgan fingerprint density at radius 1 is 1.00 bits per heavy atom. The molecule has 1 amide bonds. The fraction of sp³-hybridized carbons (Fsp3) is 0.393. The quantitative estimate of drug-likeness (QED) is 0.551. The third-order valence-corrected chi connectivity index (χ3v) is 7.44. The number of allylic oxidation sites excluding steroid dienone is 1. The normalized spacial score (nSPS) is 19.7. The van der Waals surface area contributed by atoms with E-state index in [4.69, 9.17) is 14.7 Å². The Balaban J connectivity index is 1.25. The van der Waals surface area contributed by atoms with Crippen LogP contribution in [0.4, 0.5) is 5.82 Å². The highest BCUT2D eigenvalue weighted by Crippen LogP contribution is 2.39. The second kappa shape index (κ2) is 8.75. The summed E-state index contributed by atoms with van der Waals surface area (Å²) in [4.78, 5) is 26.3. The number of amides is 1. The molecule has 1 saturated carbocycles. The fourth-order valence-electron chi connectivity index (χ4n) is 5.42. The molecule has 1 atom stereocenters. The maximum absolute atomic E-state index is 12.5. The van der Waals surface area contributed by atoms with E-state index >= 15 is 0 Å². The Morgan fingerprint density at radius 2 is 1.79 bits per heavy atom. The van der Waals surface area contributed by atoms with Crippen molar-refractivity contribution in [3.8, 4) is 6.01 Å². The van der Waals surface area contributed by atoms with Gasteiger partial charge in [0.1, 0.15) is 5.82 Å². The lowest BCUT2D eigenvalue weighted by molar-refractivity contribution is -0.126. The molecule has 3 aromatic rings. The molecule has 2 heterocycles. The fourth-order valence-corrected chi connectivity index (χ4v) is 5.42. The lowest BCUT2D eigenvalue weighted by Gasteiger charge is -2.37. The second-order valence-corrected chi connectivity index (χ2v) is 9.58. The summed E-state index contributed by atoms with van der Waals surface area (Å²) in [6.45, 7) is 3.02. The van der Waals surface area contributed by atoms with Crippen LogP contribution in [-0.4, -0.2) is 54.1 Å². The highest BCUT2D eigenvalue weighted by Gasteiger charge is 2.30. The molecule has 2 fully saturated rings. The molecule has 6 nitrogen and oxygen atoms in total. The molecule has 1 aromatic heterocycles. The van der Waals surface area contributed by atoms with E-state index in [-0.39, 0.29) is 5.91 Å². The third kappa shape index (κ3) is 4.02. The summed E-state index contributed by atoms with van der Waals surface area (Å²) in [5.74, 6) is 1.58. The number of rotatable bonds is 4. The summed E-state index contributed by atoms with van der Waals surface area (Å²) in [7, 11) is 1.64. The van der Waals surface area contributed by atoms with Crippen molar-refractivity contribution in [2.45, 2.75) is 38.0 Å². The van der Waals surface area contributed by atoms with Crippen LogP contribution in [-0.2, 0) is 17.6 Å². The first kappa shape index (κ1) is 21.1. The Hall–Kier alpha value is -3.41. The van der Waals surface area contributed by atoms with Gasteiger partial charge in [-0.2, -0.15) is 9.97 Å². The van der Waals surface area contributed by atoms with Gasteiger partial charge in [0.25, 0.3) is 0 Å². The third-order valence-electron chi connectivity index (χ3n) is 7.44. The van der Waals surface area contributed by atoms with Crippen LogP contribution in [0.25, 0.3) is 10.8 Å². The standard InChI is InChI=1S/C28H30N4O2/c1-34-28-29-25-18-21(23-8-4-6-20-5-2-3-7-22(20)23)11-12-24(25)27(30-28)32-15-13-31(14-16-32)26(33)17-19-9-10-19/h2-8,17,21H,9-16,18H2,1H3. The number of fused-ring (bicyclic) bond motifs is 2. The van der Waals surface area contributed by atoms with E-state index in [9.17, 15) is 4.79 Å². The topological polar surface area (TPSA) is 58.6 Å². The van der Waals surface area contributed by atoms with Gasteiger partial charge in [0, 0.05) is 37.8 Å². The molecule has 0 bridgehead atoms. The van der Waals surface area contributed by atoms with E-state index in [1.807, 2.05) is 11.0 Å². The number of hydrogen-bond acceptors (Lipinski definition) is 5. The molecular weight excluding hydrogens is 424 g/mol. The first-order valence-corrected chi connectivity index (χ1v) is 12.3. The van der Waals surface area contributed by atoms with E-state index in [1.165, 1.54) is 27.5 Å². The lowest BCUT2D eigenvalue weighted by atomic mass is 9.80. The summed E-state index contributed by atoms with van der Waals surface area (Å²) in [5.41, 5.74) is 5.03. The van der Waals surface area contributed by atoms with E-state index in [2.05, 4.69) is 47.4 Å². The summed E-state index contributed by atoms with van der Waals surface area (Å²) in [5, 5.41) is 2.62. The first-order valence-electron chi connectivity index (χ1n) is 12.3. The van der Waals surface area contributed by atoms with Gasteiger partial charge in [-0.05, 0) is 54.4 Å². The number of aromatic nitrogens is 2. The molecule has 174 valence electrons. The number of anilines is 1. The highest BCUT2D eigenvalue weighted by atomic mass is 16.5. The zero-order chi connectivity index (χ0) is 23.1. The molecule has 3 aliphatic rings. The molecule has 0 N–H and O–H groups in total. The van der Waals surface area contributed by atoms with Gasteiger partial charge in [-0.25, -0.2) is 0 Å². The average Bonchev–Trinajstić information content (AvgIpc) is 3.71. The van der Waals surface area contributed by atoms with E-state index < -0.39 is 0 Å². The zero-order valence-corrected chi connectivity index (χ0v) is 19.7.